The number of likely N-dealkylation sites (tertiary alicyclic amines) is 1. The standard InChI is InChI=1S/C16H22N2O3/c1-19-11-14-7-15(20-2)10-18(14)9-13-6-12(8-17)4-5-16(13)21-3/h4-6,14-15H,7,9-11H2,1-3H3/t14-,15+/m0/s1. The summed E-state index contributed by atoms with van der Waals surface area (Å²) in [5.74, 6) is 0.811. The van der Waals surface area contributed by atoms with Gasteiger partial charge >= 0.3 is 0 Å². The highest BCUT2D eigenvalue weighted by Gasteiger charge is 2.32. The van der Waals surface area contributed by atoms with Crippen LogP contribution in [0.3, 0.4) is 0 Å². The number of hydrogen-bond donors (Lipinski definition) is 0. The predicted molar refractivity (Wildman–Crippen MR) is 79.2 cm³/mol. The Hall–Kier alpha value is -1.61. The smallest absolute Gasteiger partial charge is 0.123 e. The van der Waals surface area contributed by atoms with Gasteiger partial charge in [-0.3, -0.25) is 4.90 Å². The molecule has 2 atom stereocenters. The zero-order chi connectivity index (χ0) is 15.2. The summed E-state index contributed by atoms with van der Waals surface area (Å²) in [4.78, 5) is 2.33. The van der Waals surface area contributed by atoms with Crippen LogP contribution in [0.1, 0.15) is 17.5 Å². The van der Waals surface area contributed by atoms with Gasteiger partial charge in [-0.25, -0.2) is 0 Å². The molecule has 0 amide bonds. The molecule has 0 radical (unpaired) electrons. The van der Waals surface area contributed by atoms with Crippen molar-refractivity contribution in [2.45, 2.75) is 25.1 Å². The molecular formula is C16H22N2O3. The molecule has 0 spiro atoms. The fraction of sp³-hybridized carbons (Fsp3) is 0.562. The summed E-state index contributed by atoms with van der Waals surface area (Å²) in [5.41, 5.74) is 1.67. The Balaban J connectivity index is 2.17. The zero-order valence-corrected chi connectivity index (χ0v) is 12.8. The average molecular weight is 290 g/mol. The van der Waals surface area contributed by atoms with Crippen LogP contribution in [0.2, 0.25) is 0 Å². The lowest BCUT2D eigenvalue weighted by atomic mass is 10.1. The summed E-state index contributed by atoms with van der Waals surface area (Å²) in [7, 11) is 5.11. The maximum absolute atomic E-state index is 9.06. The van der Waals surface area contributed by atoms with Crippen molar-refractivity contribution in [1.82, 2.24) is 4.90 Å². The lowest BCUT2D eigenvalue weighted by Crippen LogP contribution is -2.32. The van der Waals surface area contributed by atoms with Crippen LogP contribution in [0.4, 0.5) is 0 Å². The van der Waals surface area contributed by atoms with E-state index in [1.165, 1.54) is 0 Å². The number of hydrogen-bond acceptors (Lipinski definition) is 5. The number of rotatable bonds is 6. The first kappa shape index (κ1) is 15.8. The number of benzene rings is 1. The van der Waals surface area contributed by atoms with Gasteiger partial charge in [-0.05, 0) is 24.6 Å². The monoisotopic (exact) mass is 290 g/mol. The quantitative estimate of drug-likeness (QED) is 0.799. The molecule has 21 heavy (non-hydrogen) atoms. The van der Waals surface area contributed by atoms with Crippen LogP contribution < -0.4 is 4.74 Å². The molecule has 1 aliphatic rings. The van der Waals surface area contributed by atoms with Crippen molar-refractivity contribution in [2.24, 2.45) is 0 Å². The first-order chi connectivity index (χ1) is 10.2. The van der Waals surface area contributed by atoms with Gasteiger partial charge in [0.1, 0.15) is 5.75 Å². The fourth-order valence-electron chi connectivity index (χ4n) is 2.86. The molecule has 0 saturated carbocycles. The van der Waals surface area contributed by atoms with Crippen molar-refractivity contribution in [1.29, 1.82) is 5.26 Å². The lowest BCUT2D eigenvalue weighted by Gasteiger charge is -2.24. The van der Waals surface area contributed by atoms with E-state index in [2.05, 4.69) is 11.0 Å². The van der Waals surface area contributed by atoms with Gasteiger partial charge in [0.15, 0.2) is 0 Å². The Labute approximate surface area is 126 Å². The Morgan fingerprint density at radius 1 is 1.33 bits per heavy atom. The third-order valence-electron chi connectivity index (χ3n) is 3.96. The Kier molecular flexibility index (Phi) is 5.57. The van der Waals surface area contributed by atoms with E-state index in [1.807, 2.05) is 12.1 Å². The minimum absolute atomic E-state index is 0.232. The predicted octanol–water partition coefficient (Wildman–Crippen LogP) is 1.80. The van der Waals surface area contributed by atoms with Gasteiger partial charge in [0.25, 0.3) is 0 Å². The van der Waals surface area contributed by atoms with Crippen LogP contribution in [-0.2, 0) is 16.0 Å². The van der Waals surface area contributed by atoms with Crippen LogP contribution in [0.15, 0.2) is 18.2 Å². The first-order valence-corrected chi connectivity index (χ1v) is 7.04. The fourth-order valence-corrected chi connectivity index (χ4v) is 2.86. The normalized spacial score (nSPS) is 22.2. The average Bonchev–Trinajstić information content (AvgIpc) is 2.89. The molecule has 5 heteroatoms. The maximum Gasteiger partial charge on any atom is 0.123 e. The summed E-state index contributed by atoms with van der Waals surface area (Å²) >= 11 is 0. The number of nitriles is 1. The number of methoxy groups -OCH3 is 3. The topological polar surface area (TPSA) is 54.7 Å². The molecule has 1 heterocycles. The Bertz CT molecular complexity index is 513. The summed E-state index contributed by atoms with van der Waals surface area (Å²) in [6.07, 6.45) is 1.19. The molecule has 1 aliphatic heterocycles. The van der Waals surface area contributed by atoms with Gasteiger partial charge in [0.05, 0.1) is 31.5 Å². The summed E-state index contributed by atoms with van der Waals surface area (Å²) in [6, 6.07) is 8.02. The SMILES string of the molecule is COC[C@@H]1C[C@@H](OC)CN1Cc1cc(C#N)ccc1OC. The number of ether oxygens (including phenoxy) is 3. The molecule has 1 aromatic carbocycles. The molecule has 5 nitrogen and oxygen atoms in total. The summed E-state index contributed by atoms with van der Waals surface area (Å²) in [6.45, 7) is 2.27. The second-order valence-electron chi connectivity index (χ2n) is 5.27. The van der Waals surface area contributed by atoms with E-state index < -0.39 is 0 Å². The Morgan fingerprint density at radius 2 is 2.14 bits per heavy atom. The van der Waals surface area contributed by atoms with E-state index in [0.29, 0.717) is 18.2 Å². The third kappa shape index (κ3) is 3.73. The van der Waals surface area contributed by atoms with Gasteiger partial charge in [0, 0.05) is 38.9 Å². The van der Waals surface area contributed by atoms with E-state index >= 15 is 0 Å². The highest BCUT2D eigenvalue weighted by Crippen LogP contribution is 2.27. The van der Waals surface area contributed by atoms with Crippen molar-refractivity contribution in [2.75, 3.05) is 34.5 Å². The molecular weight excluding hydrogens is 268 g/mol. The van der Waals surface area contributed by atoms with E-state index in [4.69, 9.17) is 19.5 Å². The van der Waals surface area contributed by atoms with Crippen LogP contribution >= 0.6 is 0 Å². The second kappa shape index (κ2) is 7.41. The highest BCUT2D eigenvalue weighted by molar-refractivity contribution is 5.42. The zero-order valence-electron chi connectivity index (χ0n) is 12.8. The minimum Gasteiger partial charge on any atom is -0.496 e. The van der Waals surface area contributed by atoms with Crippen LogP contribution in [0, 0.1) is 11.3 Å². The summed E-state index contributed by atoms with van der Waals surface area (Å²) < 4.78 is 16.2. The van der Waals surface area contributed by atoms with Gasteiger partial charge in [-0.1, -0.05) is 0 Å². The molecule has 1 saturated heterocycles. The molecule has 0 N–H and O–H groups in total. The largest absolute Gasteiger partial charge is 0.496 e. The first-order valence-electron chi connectivity index (χ1n) is 7.04. The van der Waals surface area contributed by atoms with E-state index in [9.17, 15) is 0 Å². The van der Waals surface area contributed by atoms with E-state index in [1.54, 1.807) is 27.4 Å². The molecule has 1 aromatic rings. The highest BCUT2D eigenvalue weighted by atomic mass is 16.5. The van der Waals surface area contributed by atoms with Gasteiger partial charge < -0.3 is 14.2 Å². The van der Waals surface area contributed by atoms with Gasteiger partial charge in [0.2, 0.25) is 0 Å². The van der Waals surface area contributed by atoms with Crippen molar-refractivity contribution in [3.63, 3.8) is 0 Å². The maximum atomic E-state index is 9.06. The lowest BCUT2D eigenvalue weighted by molar-refractivity contribution is 0.105. The number of nitrogens with zero attached hydrogens (tertiary/aromatic N) is 2. The molecule has 0 unspecified atom stereocenters. The van der Waals surface area contributed by atoms with Crippen LogP contribution in [0.25, 0.3) is 0 Å². The molecule has 2 rings (SSSR count). The van der Waals surface area contributed by atoms with Crippen molar-refractivity contribution in [3.05, 3.63) is 29.3 Å². The second-order valence-corrected chi connectivity index (χ2v) is 5.27. The van der Waals surface area contributed by atoms with E-state index in [0.717, 1.165) is 30.8 Å². The Morgan fingerprint density at radius 3 is 2.76 bits per heavy atom. The van der Waals surface area contributed by atoms with Crippen LogP contribution in [0.5, 0.6) is 5.75 Å². The van der Waals surface area contributed by atoms with Crippen molar-refractivity contribution >= 4 is 0 Å². The third-order valence-corrected chi connectivity index (χ3v) is 3.96. The van der Waals surface area contributed by atoms with Crippen molar-refractivity contribution in [3.8, 4) is 11.8 Å². The minimum atomic E-state index is 0.232. The molecule has 114 valence electrons. The summed E-state index contributed by atoms with van der Waals surface area (Å²) in [5, 5.41) is 9.06. The molecule has 0 aliphatic carbocycles. The van der Waals surface area contributed by atoms with E-state index in [-0.39, 0.29) is 6.10 Å². The van der Waals surface area contributed by atoms with Crippen LogP contribution in [-0.4, -0.2) is 51.5 Å². The molecule has 0 aromatic heterocycles. The van der Waals surface area contributed by atoms with Gasteiger partial charge in [-0.15, -0.1) is 0 Å². The molecule has 1 fully saturated rings. The molecule has 0 bridgehead atoms. The van der Waals surface area contributed by atoms with Gasteiger partial charge in [-0.2, -0.15) is 5.26 Å². The van der Waals surface area contributed by atoms with Crippen molar-refractivity contribution < 1.29 is 14.2 Å².